The van der Waals surface area contributed by atoms with Gasteiger partial charge in [-0.1, -0.05) is 6.07 Å². The van der Waals surface area contributed by atoms with Gasteiger partial charge in [0.25, 0.3) is 0 Å². The van der Waals surface area contributed by atoms with Crippen molar-refractivity contribution in [3.05, 3.63) is 35.9 Å². The summed E-state index contributed by atoms with van der Waals surface area (Å²) in [5, 5.41) is 14.2. The van der Waals surface area contributed by atoms with Crippen LogP contribution in [-0.4, -0.2) is 74.6 Å². The average Bonchev–Trinajstić information content (AvgIpc) is 3.31. The van der Waals surface area contributed by atoms with Crippen LogP contribution in [0.5, 0.6) is 5.75 Å². The first-order valence-corrected chi connectivity index (χ1v) is 9.32. The van der Waals surface area contributed by atoms with E-state index in [4.69, 9.17) is 0 Å². The molecule has 2 aliphatic heterocycles. The molecule has 162 valence electrons. The van der Waals surface area contributed by atoms with Crippen LogP contribution in [0.25, 0.3) is 0 Å². The fourth-order valence-corrected chi connectivity index (χ4v) is 3.55. The lowest BCUT2D eigenvalue weighted by Crippen LogP contribution is -2.62. The highest BCUT2D eigenvalue weighted by Gasteiger charge is 2.36. The average molecular weight is 429 g/mol. The Kier molecular flexibility index (Phi) is 5.45. The summed E-state index contributed by atoms with van der Waals surface area (Å²) in [4.78, 5) is 16.0. The highest BCUT2D eigenvalue weighted by molar-refractivity contribution is 5.75. The number of hydrogen-bond donors (Lipinski definition) is 1. The Bertz CT molecular complexity index is 887. The topological polar surface area (TPSA) is 88.4 Å². The molecule has 0 radical (unpaired) electrons. The van der Waals surface area contributed by atoms with E-state index in [2.05, 4.69) is 25.6 Å². The van der Waals surface area contributed by atoms with E-state index >= 15 is 0 Å². The first-order valence-electron chi connectivity index (χ1n) is 9.32. The van der Waals surface area contributed by atoms with Gasteiger partial charge in [0.2, 0.25) is 0 Å². The van der Waals surface area contributed by atoms with E-state index in [0.29, 0.717) is 32.2 Å². The quantitative estimate of drug-likeness (QED) is 0.726. The molecule has 2 aromatic rings. The minimum absolute atomic E-state index is 0.0163. The van der Waals surface area contributed by atoms with Gasteiger partial charge in [-0.3, -0.25) is 0 Å². The number of ether oxygens (including phenoxy) is 1. The SMILES string of the molecule is O=C(N1CC(NCc2ccc(OC(F)(F)F)cc2F)C1)N1CC[C@H](n2cnnn2)C1. The Morgan fingerprint density at radius 3 is 2.70 bits per heavy atom. The second-order valence-electron chi connectivity index (χ2n) is 7.24. The number of aromatic nitrogens is 4. The molecule has 13 heteroatoms. The highest BCUT2D eigenvalue weighted by Crippen LogP contribution is 2.25. The van der Waals surface area contributed by atoms with Gasteiger partial charge in [-0.15, -0.1) is 18.3 Å². The maximum absolute atomic E-state index is 14.0. The predicted molar refractivity (Wildman–Crippen MR) is 93.7 cm³/mol. The number of rotatable bonds is 5. The third-order valence-electron chi connectivity index (χ3n) is 5.16. The van der Waals surface area contributed by atoms with Crippen LogP contribution in [0.4, 0.5) is 22.4 Å². The van der Waals surface area contributed by atoms with Crippen molar-refractivity contribution in [3.63, 3.8) is 0 Å². The number of carbonyl (C=O) groups is 1. The predicted octanol–water partition coefficient (Wildman–Crippen LogP) is 1.55. The number of tetrazole rings is 1. The zero-order valence-corrected chi connectivity index (χ0v) is 15.7. The number of nitrogens with one attached hydrogen (secondary N) is 1. The number of nitrogens with zero attached hydrogens (tertiary/aromatic N) is 6. The van der Waals surface area contributed by atoms with E-state index in [-0.39, 0.29) is 30.2 Å². The Balaban J connectivity index is 1.21. The minimum Gasteiger partial charge on any atom is -0.406 e. The van der Waals surface area contributed by atoms with E-state index in [1.54, 1.807) is 14.5 Å². The largest absolute Gasteiger partial charge is 0.573 e. The molecule has 2 amide bonds. The lowest BCUT2D eigenvalue weighted by atomic mass is 10.1. The minimum atomic E-state index is -4.87. The molecule has 2 aliphatic rings. The first kappa shape index (κ1) is 20.3. The summed E-state index contributed by atoms with van der Waals surface area (Å²) < 4.78 is 55.9. The molecule has 2 saturated heterocycles. The van der Waals surface area contributed by atoms with Gasteiger partial charge in [0.05, 0.1) is 6.04 Å². The van der Waals surface area contributed by atoms with Crippen molar-refractivity contribution in [1.82, 2.24) is 35.3 Å². The van der Waals surface area contributed by atoms with E-state index < -0.39 is 17.9 Å². The van der Waals surface area contributed by atoms with Crippen LogP contribution in [0.15, 0.2) is 24.5 Å². The number of likely N-dealkylation sites (tertiary alicyclic amines) is 2. The Hall–Kier alpha value is -2.96. The van der Waals surface area contributed by atoms with Crippen LogP contribution >= 0.6 is 0 Å². The molecule has 0 saturated carbocycles. The number of amides is 2. The number of carbonyl (C=O) groups excluding carboxylic acids is 1. The van der Waals surface area contributed by atoms with Crippen LogP contribution in [0, 0.1) is 5.82 Å². The number of urea groups is 1. The van der Waals surface area contributed by atoms with Gasteiger partial charge in [0.1, 0.15) is 17.9 Å². The van der Waals surface area contributed by atoms with Crippen LogP contribution in [-0.2, 0) is 6.54 Å². The van der Waals surface area contributed by atoms with E-state index in [9.17, 15) is 22.4 Å². The summed E-state index contributed by atoms with van der Waals surface area (Å²) in [6.07, 6.45) is -2.56. The monoisotopic (exact) mass is 429 g/mol. The number of halogens is 4. The van der Waals surface area contributed by atoms with E-state index in [0.717, 1.165) is 12.5 Å². The standard InChI is InChI=1S/C17H19F4N7O2/c18-15-5-14(30-17(19,20)21)2-1-11(15)6-22-12-7-27(8-12)16(29)26-4-3-13(9-26)28-10-23-24-25-28/h1-2,5,10,12-13,22H,3-4,6-9H2/t13-/m0/s1. The molecule has 0 bridgehead atoms. The van der Waals surface area contributed by atoms with Gasteiger partial charge in [0.15, 0.2) is 0 Å². The second-order valence-corrected chi connectivity index (χ2v) is 7.24. The number of benzene rings is 1. The van der Waals surface area contributed by atoms with Crippen molar-refractivity contribution in [2.24, 2.45) is 0 Å². The summed E-state index contributed by atoms with van der Waals surface area (Å²) in [5.41, 5.74) is 0.220. The number of hydrogen-bond acceptors (Lipinski definition) is 6. The van der Waals surface area contributed by atoms with Crippen molar-refractivity contribution in [3.8, 4) is 5.75 Å². The van der Waals surface area contributed by atoms with Gasteiger partial charge >= 0.3 is 12.4 Å². The first-order chi connectivity index (χ1) is 14.3. The third-order valence-corrected chi connectivity index (χ3v) is 5.16. The van der Waals surface area contributed by atoms with E-state index in [1.165, 1.54) is 12.4 Å². The summed E-state index contributed by atoms with van der Waals surface area (Å²) in [6, 6.07) is 3.00. The summed E-state index contributed by atoms with van der Waals surface area (Å²) in [7, 11) is 0. The Labute approximate surface area is 168 Å². The fourth-order valence-electron chi connectivity index (χ4n) is 3.55. The molecule has 1 N–H and O–H groups in total. The molecule has 30 heavy (non-hydrogen) atoms. The van der Waals surface area contributed by atoms with Gasteiger partial charge in [-0.05, 0) is 22.9 Å². The lowest BCUT2D eigenvalue weighted by Gasteiger charge is -2.41. The van der Waals surface area contributed by atoms with Crippen molar-refractivity contribution >= 4 is 6.03 Å². The van der Waals surface area contributed by atoms with Crippen molar-refractivity contribution in [2.75, 3.05) is 26.2 Å². The summed E-state index contributed by atoms with van der Waals surface area (Å²) in [6.45, 7) is 2.24. The van der Waals surface area contributed by atoms with Crippen LogP contribution in [0.1, 0.15) is 18.0 Å². The molecular weight excluding hydrogens is 410 g/mol. The zero-order valence-electron chi connectivity index (χ0n) is 15.7. The highest BCUT2D eigenvalue weighted by atomic mass is 19.4. The maximum atomic E-state index is 14.0. The Morgan fingerprint density at radius 2 is 2.03 bits per heavy atom. The second kappa shape index (κ2) is 8.05. The van der Waals surface area contributed by atoms with Crippen molar-refractivity contribution < 1.29 is 27.1 Å². The van der Waals surface area contributed by atoms with Crippen molar-refractivity contribution in [2.45, 2.75) is 31.4 Å². The third kappa shape index (κ3) is 4.61. The lowest BCUT2D eigenvalue weighted by molar-refractivity contribution is -0.274. The fraction of sp³-hybridized carbons (Fsp3) is 0.529. The van der Waals surface area contributed by atoms with Crippen molar-refractivity contribution in [1.29, 1.82) is 0 Å². The molecule has 3 heterocycles. The van der Waals surface area contributed by atoms with Gasteiger partial charge < -0.3 is 19.9 Å². The Morgan fingerprint density at radius 1 is 1.23 bits per heavy atom. The molecular formula is C17H19F4N7O2. The molecule has 2 fully saturated rings. The smallest absolute Gasteiger partial charge is 0.406 e. The van der Waals surface area contributed by atoms with Gasteiger partial charge in [-0.2, -0.15) is 0 Å². The van der Waals surface area contributed by atoms with Crippen LogP contribution < -0.4 is 10.1 Å². The molecule has 0 unspecified atom stereocenters. The molecule has 0 aliphatic carbocycles. The molecule has 9 nitrogen and oxygen atoms in total. The normalized spacial score (nSPS) is 19.8. The van der Waals surface area contributed by atoms with E-state index in [1.807, 2.05) is 0 Å². The molecule has 0 spiro atoms. The summed E-state index contributed by atoms with van der Waals surface area (Å²) in [5.74, 6) is -1.39. The van der Waals surface area contributed by atoms with Gasteiger partial charge in [-0.25, -0.2) is 13.9 Å². The summed E-state index contributed by atoms with van der Waals surface area (Å²) >= 11 is 0. The molecule has 4 rings (SSSR count). The zero-order chi connectivity index (χ0) is 21.3. The molecule has 1 atom stereocenters. The molecule has 1 aromatic carbocycles. The number of alkyl halides is 3. The maximum Gasteiger partial charge on any atom is 0.573 e. The van der Waals surface area contributed by atoms with Gasteiger partial charge in [0, 0.05) is 50.4 Å². The van der Waals surface area contributed by atoms with Crippen LogP contribution in [0.3, 0.4) is 0 Å². The van der Waals surface area contributed by atoms with Crippen LogP contribution in [0.2, 0.25) is 0 Å². The molecule has 1 aromatic heterocycles.